The van der Waals surface area contributed by atoms with Crippen molar-refractivity contribution in [3.05, 3.63) is 34.8 Å². The molecule has 104 valence electrons. The van der Waals surface area contributed by atoms with Crippen LogP contribution < -0.4 is 0 Å². The number of rotatable bonds is 5. The maximum absolute atomic E-state index is 11.0. The highest BCUT2D eigenvalue weighted by Gasteiger charge is 2.28. The molecule has 0 amide bonds. The molecule has 7 nitrogen and oxygen atoms in total. The smallest absolute Gasteiger partial charge is 0.328 e. The predicted octanol–water partition coefficient (Wildman–Crippen LogP) is 2.03. The Morgan fingerprint density at radius 3 is 2.21 bits per heavy atom. The molecule has 0 aliphatic carbocycles. The summed E-state index contributed by atoms with van der Waals surface area (Å²) in [6.45, 7) is 0.390. The number of hydrogen-bond acceptors (Lipinski definition) is 3. The summed E-state index contributed by atoms with van der Waals surface area (Å²) in [5.74, 6) is 0. The van der Waals surface area contributed by atoms with Crippen LogP contribution in [0.5, 0.6) is 0 Å². The van der Waals surface area contributed by atoms with Gasteiger partial charge in [-0.2, -0.15) is 0 Å². The van der Waals surface area contributed by atoms with Gasteiger partial charge in [0, 0.05) is 12.1 Å². The summed E-state index contributed by atoms with van der Waals surface area (Å²) < 4.78 is 16.3. The topological polar surface area (TPSA) is 94.9 Å². The van der Waals surface area contributed by atoms with Crippen molar-refractivity contribution in [3.63, 3.8) is 0 Å². The highest BCUT2D eigenvalue weighted by molar-refractivity contribution is 7.46. The van der Waals surface area contributed by atoms with E-state index >= 15 is 0 Å². The molecular weight excluding hydrogens is 269 g/mol. The summed E-state index contributed by atoms with van der Waals surface area (Å²) >= 11 is 0. The van der Waals surface area contributed by atoms with Crippen molar-refractivity contribution in [3.8, 4) is 0 Å². The Kier molecular flexibility index (Phi) is 4.80. The van der Waals surface area contributed by atoms with Crippen LogP contribution >= 0.6 is 7.82 Å². The van der Waals surface area contributed by atoms with Crippen LogP contribution in [0.2, 0.25) is 0 Å². The van der Waals surface area contributed by atoms with Crippen LogP contribution in [-0.4, -0.2) is 42.0 Å². The van der Waals surface area contributed by atoms with Gasteiger partial charge in [0.05, 0.1) is 21.1 Å². The standard InChI is InChI=1S/C11H16N3O4P/c1-14(2,3)8-11(18-19(15,16)17)9-4-6-10(13-12)7-5-9/h4-7,11H,8H2,1-3H3/p+2. The first kappa shape index (κ1) is 15.8. The molecule has 0 aliphatic rings. The van der Waals surface area contributed by atoms with E-state index in [1.165, 1.54) is 0 Å². The van der Waals surface area contributed by atoms with E-state index in [1.54, 1.807) is 24.3 Å². The van der Waals surface area contributed by atoms with E-state index in [-0.39, 0.29) is 0 Å². The summed E-state index contributed by atoms with van der Waals surface area (Å²) in [7, 11) is 1.11. The first-order chi connectivity index (χ1) is 8.61. The lowest BCUT2D eigenvalue weighted by atomic mass is 10.1. The van der Waals surface area contributed by atoms with Crippen LogP contribution in [-0.2, 0) is 9.09 Å². The molecule has 1 atom stereocenters. The number of benzene rings is 1. The summed E-state index contributed by atoms with van der Waals surface area (Å²) in [5.41, 5.74) is 0.979. The van der Waals surface area contributed by atoms with Gasteiger partial charge in [0.2, 0.25) is 5.39 Å². The van der Waals surface area contributed by atoms with Crippen molar-refractivity contribution in [1.29, 1.82) is 5.39 Å². The Morgan fingerprint density at radius 2 is 1.84 bits per heavy atom. The molecule has 1 rings (SSSR count). The molecule has 0 aliphatic heterocycles. The third-order valence-corrected chi connectivity index (χ3v) is 2.89. The minimum Gasteiger partial charge on any atom is -0.328 e. The fourth-order valence-corrected chi connectivity index (χ4v) is 2.14. The summed E-state index contributed by atoms with van der Waals surface area (Å²) in [5, 5.41) is 8.61. The molecule has 0 spiro atoms. The number of diazo groups is 1. The second-order valence-corrected chi connectivity index (χ2v) is 6.44. The number of nitrogens with zero attached hydrogens (tertiary/aromatic N) is 3. The second kappa shape index (κ2) is 5.78. The largest absolute Gasteiger partial charge is 0.470 e. The van der Waals surface area contributed by atoms with Crippen LogP contribution in [0, 0.1) is 5.39 Å². The summed E-state index contributed by atoms with van der Waals surface area (Å²) in [4.78, 5) is 21.0. The SMILES string of the molecule is C[N+](C)(C)CC(OP(=O)(O)O)c1ccc([N+]#N)cc1. The lowest BCUT2D eigenvalue weighted by Crippen LogP contribution is -2.38. The molecule has 0 saturated heterocycles. The van der Waals surface area contributed by atoms with E-state index in [0.29, 0.717) is 22.3 Å². The van der Waals surface area contributed by atoms with Gasteiger partial charge < -0.3 is 14.3 Å². The molecule has 0 heterocycles. The molecule has 19 heavy (non-hydrogen) atoms. The van der Waals surface area contributed by atoms with Crippen molar-refractivity contribution in [1.82, 2.24) is 0 Å². The van der Waals surface area contributed by atoms with Crippen LogP contribution in [0.15, 0.2) is 24.3 Å². The van der Waals surface area contributed by atoms with E-state index in [1.807, 2.05) is 21.1 Å². The quantitative estimate of drug-likeness (QED) is 0.491. The zero-order valence-electron chi connectivity index (χ0n) is 11.1. The molecular formula is C11H18N3O4P+2. The number of quaternary nitrogens is 1. The van der Waals surface area contributed by atoms with Gasteiger partial charge >= 0.3 is 13.5 Å². The van der Waals surface area contributed by atoms with Crippen molar-refractivity contribution in [2.24, 2.45) is 0 Å². The first-order valence-electron chi connectivity index (χ1n) is 5.60. The Hall–Kier alpha value is -1.29. The Bertz CT molecular complexity index is 512. The molecule has 1 aromatic carbocycles. The van der Waals surface area contributed by atoms with E-state index in [2.05, 4.69) is 4.98 Å². The maximum Gasteiger partial charge on any atom is 0.470 e. The van der Waals surface area contributed by atoms with Gasteiger partial charge in [-0.3, -0.25) is 4.52 Å². The van der Waals surface area contributed by atoms with Crippen LogP contribution in [0.4, 0.5) is 5.69 Å². The number of hydrogen-bond donors (Lipinski definition) is 2. The normalized spacial score (nSPS) is 13.9. The minimum absolute atomic E-state index is 0.365. The van der Waals surface area contributed by atoms with Crippen molar-refractivity contribution >= 4 is 13.5 Å². The van der Waals surface area contributed by atoms with Gasteiger partial charge in [-0.25, -0.2) is 4.57 Å². The van der Waals surface area contributed by atoms with E-state index in [9.17, 15) is 4.57 Å². The van der Waals surface area contributed by atoms with Gasteiger partial charge in [0.1, 0.15) is 12.6 Å². The first-order valence-corrected chi connectivity index (χ1v) is 7.13. The number of phosphoric acid groups is 1. The van der Waals surface area contributed by atoms with Gasteiger partial charge in [0.15, 0.2) is 4.98 Å². The zero-order valence-corrected chi connectivity index (χ0v) is 12.0. The molecule has 2 N–H and O–H groups in total. The monoisotopic (exact) mass is 287 g/mol. The van der Waals surface area contributed by atoms with Gasteiger partial charge in [-0.05, 0) is 17.7 Å². The molecule has 0 aromatic heterocycles. The van der Waals surface area contributed by atoms with Crippen LogP contribution in [0.3, 0.4) is 0 Å². The van der Waals surface area contributed by atoms with Gasteiger partial charge in [-0.1, -0.05) is 0 Å². The number of phosphoric ester groups is 1. The zero-order chi connectivity index (χ0) is 14.7. The molecule has 1 aromatic rings. The fraction of sp³-hybridized carbons (Fsp3) is 0.455. The van der Waals surface area contributed by atoms with E-state index < -0.39 is 13.9 Å². The van der Waals surface area contributed by atoms with Crippen molar-refractivity contribution in [2.45, 2.75) is 6.10 Å². The summed E-state index contributed by atoms with van der Waals surface area (Å²) in [6, 6.07) is 6.32. The summed E-state index contributed by atoms with van der Waals surface area (Å²) in [6.07, 6.45) is -0.742. The van der Waals surface area contributed by atoms with E-state index in [4.69, 9.17) is 19.7 Å². The Labute approximate surface area is 111 Å². The van der Waals surface area contributed by atoms with Crippen molar-refractivity contribution < 1.29 is 23.4 Å². The predicted molar refractivity (Wildman–Crippen MR) is 70.0 cm³/mol. The highest BCUT2D eigenvalue weighted by Crippen LogP contribution is 2.42. The fourth-order valence-electron chi connectivity index (χ4n) is 1.62. The average molecular weight is 287 g/mol. The van der Waals surface area contributed by atoms with Gasteiger partial charge in [0.25, 0.3) is 0 Å². The van der Waals surface area contributed by atoms with Crippen LogP contribution in [0.1, 0.15) is 11.7 Å². The molecule has 0 saturated carbocycles. The second-order valence-electron chi connectivity index (χ2n) is 5.25. The molecule has 0 bridgehead atoms. The lowest BCUT2D eigenvalue weighted by molar-refractivity contribution is -0.874. The van der Waals surface area contributed by atoms with Crippen molar-refractivity contribution in [2.75, 3.05) is 27.7 Å². The average Bonchev–Trinajstić information content (AvgIpc) is 2.24. The van der Waals surface area contributed by atoms with E-state index in [0.717, 1.165) is 0 Å². The maximum atomic E-state index is 11.0. The van der Waals surface area contributed by atoms with Crippen LogP contribution in [0.25, 0.3) is 4.98 Å². The van der Waals surface area contributed by atoms with Gasteiger partial charge in [-0.15, -0.1) is 0 Å². The minimum atomic E-state index is -4.57. The molecule has 0 radical (unpaired) electrons. The Morgan fingerprint density at radius 1 is 1.32 bits per heavy atom. The molecule has 8 heteroatoms. The third-order valence-electron chi connectivity index (χ3n) is 2.36. The molecule has 1 unspecified atom stereocenters. The Balaban J connectivity index is 3.01. The highest BCUT2D eigenvalue weighted by atomic mass is 31.2. The third kappa shape index (κ3) is 5.92. The molecule has 0 fully saturated rings. The number of likely N-dealkylation sites (N-methyl/N-ethyl adjacent to an activating group) is 1. The lowest BCUT2D eigenvalue weighted by Gasteiger charge is -2.29.